The molecule has 12 aromatic rings. The predicted molar refractivity (Wildman–Crippen MR) is 303 cm³/mol. The molecule has 13 rings (SSSR count). The van der Waals surface area contributed by atoms with Gasteiger partial charge in [-0.05, 0) is 132 Å². The molecule has 0 fully saturated rings. The highest BCUT2D eigenvalue weighted by molar-refractivity contribution is 6.24. The molecule has 0 aliphatic heterocycles. The highest BCUT2D eigenvalue weighted by Gasteiger charge is 2.43. The van der Waals surface area contributed by atoms with Crippen molar-refractivity contribution < 1.29 is 22.5 Å². The van der Waals surface area contributed by atoms with Crippen LogP contribution in [0.2, 0.25) is 0 Å². The number of furan rings is 2. The first-order valence-electron chi connectivity index (χ1n) is 29.7. The monoisotopic (exact) mass is 956 g/mol. The second-order valence-corrected chi connectivity index (χ2v) is 19.3. The Hall–Kier alpha value is -8.74. The third kappa shape index (κ3) is 7.07. The van der Waals surface area contributed by atoms with Crippen molar-refractivity contribution in [1.29, 1.82) is 0 Å². The van der Waals surface area contributed by atoms with E-state index < -0.39 is 41.7 Å². The molecule has 0 amide bonds. The Kier molecular flexibility index (Phi) is 8.16. The first-order chi connectivity index (χ1) is 39.8. The van der Waals surface area contributed by atoms with Crippen LogP contribution in [-0.4, -0.2) is 9.97 Å². The van der Waals surface area contributed by atoms with E-state index in [1.807, 2.05) is 109 Å². The van der Waals surface area contributed by atoms with E-state index >= 15 is 0 Å². The molecule has 0 saturated heterocycles. The number of hydrogen-bond acceptors (Lipinski definition) is 6. The fraction of sp³-hybridized carbons (Fsp3) is 0.134. The van der Waals surface area contributed by atoms with E-state index in [9.17, 15) is 5.48 Å². The molecule has 0 spiro atoms. The summed E-state index contributed by atoms with van der Waals surface area (Å²) in [5.41, 5.74) is 12.1. The van der Waals surface area contributed by atoms with Gasteiger partial charge in [0, 0.05) is 62.2 Å². The number of aromatic nitrogens is 2. The third-order valence-electron chi connectivity index (χ3n) is 14.5. The molecular weight excluding hydrogens is 893 g/mol. The Bertz CT molecular complexity index is 4370. The summed E-state index contributed by atoms with van der Waals surface area (Å²) in [6.07, 6.45) is 5.03. The van der Waals surface area contributed by atoms with E-state index in [4.69, 9.17) is 27.0 Å². The van der Waals surface area contributed by atoms with Crippen LogP contribution in [0.15, 0.2) is 203 Å². The van der Waals surface area contributed by atoms with Crippen LogP contribution >= 0.6 is 0 Å². The lowest BCUT2D eigenvalue weighted by Crippen LogP contribution is -2.19. The Balaban J connectivity index is 1.15. The molecule has 4 aromatic heterocycles. The van der Waals surface area contributed by atoms with Crippen molar-refractivity contribution in [3.05, 3.63) is 228 Å². The molecule has 0 atom stereocenters. The van der Waals surface area contributed by atoms with E-state index in [-0.39, 0.29) is 35.3 Å². The summed E-state index contributed by atoms with van der Waals surface area (Å²) in [4.78, 5) is 14.4. The molecule has 73 heavy (non-hydrogen) atoms. The Morgan fingerprint density at radius 2 is 0.904 bits per heavy atom. The fourth-order valence-electron chi connectivity index (χ4n) is 10.9. The van der Waals surface area contributed by atoms with Gasteiger partial charge in [0.1, 0.15) is 34.0 Å². The fourth-order valence-corrected chi connectivity index (χ4v) is 10.9. The number of aryl methyl sites for hydroxylation is 4. The molecule has 0 unspecified atom stereocenters. The number of fused-ring (bicyclic) bond motifs is 11. The number of rotatable bonds is 10. The van der Waals surface area contributed by atoms with Gasteiger partial charge in [-0.1, -0.05) is 149 Å². The van der Waals surface area contributed by atoms with Crippen molar-refractivity contribution in [3.8, 4) is 33.4 Å². The lowest BCUT2D eigenvalue weighted by atomic mass is 9.81. The Morgan fingerprint density at radius 3 is 1.30 bits per heavy atom. The number of anilines is 6. The highest BCUT2D eigenvalue weighted by atomic mass is 16.3. The zero-order chi connectivity index (χ0) is 58.2. The van der Waals surface area contributed by atoms with Crippen LogP contribution in [0.5, 0.6) is 0 Å². The average molecular weight is 957 g/mol. The average Bonchev–Trinajstić information content (AvgIpc) is 1.97. The van der Waals surface area contributed by atoms with Gasteiger partial charge in [-0.25, -0.2) is 9.97 Å². The summed E-state index contributed by atoms with van der Waals surface area (Å²) in [7, 11) is 0. The molecule has 0 N–H and O–H groups in total. The van der Waals surface area contributed by atoms with Crippen molar-refractivity contribution in [2.75, 3.05) is 9.80 Å². The summed E-state index contributed by atoms with van der Waals surface area (Å²) in [5.74, 6) is 0.677. The molecule has 0 radical (unpaired) electrons. The lowest BCUT2D eigenvalue weighted by Gasteiger charge is -2.30. The van der Waals surface area contributed by atoms with E-state index in [2.05, 4.69) is 64.1 Å². The molecular formula is C67H54N4O2. The minimum atomic E-state index is -0.850. The van der Waals surface area contributed by atoms with Gasteiger partial charge < -0.3 is 8.83 Å². The van der Waals surface area contributed by atoms with Crippen LogP contribution in [0.1, 0.15) is 74.8 Å². The molecule has 8 aromatic carbocycles. The van der Waals surface area contributed by atoms with Gasteiger partial charge in [0.15, 0.2) is 0 Å². The maximum atomic E-state index is 9.29. The quantitative estimate of drug-likeness (QED) is 0.136. The standard InChI is InChI=1S/C67H54N4O2/c1-7-43-27-31-47(32-28-43)70(65-51(35-41(3)39-68-65)45-19-11-9-12-20-45)55-37-53-61(63-59(55)49-23-15-17-25-57(49)72-63)62-54(67(53,5)6)38-56(60-50-24-16-18-26-58(50)73-64(60)62)71(48-33-29-44(8-2)30-34-48)66-52(36-42(4)40-69-66)46-21-13-10-14-22-46/h9-40H,7-8H2,1-6H3/i9D,10D,11D,12D,13D,14D,19D,20D,21D,22D. The number of nitrogens with zero attached hydrogens (tertiary/aromatic N) is 4. The van der Waals surface area contributed by atoms with Crippen LogP contribution < -0.4 is 9.80 Å². The second kappa shape index (κ2) is 17.2. The minimum absolute atomic E-state index is 0.0195. The number of para-hydroxylation sites is 2. The van der Waals surface area contributed by atoms with Gasteiger partial charge in [-0.15, -0.1) is 0 Å². The van der Waals surface area contributed by atoms with Crippen molar-refractivity contribution in [2.45, 2.75) is 59.8 Å². The highest BCUT2D eigenvalue weighted by Crippen LogP contribution is 2.61. The maximum Gasteiger partial charge on any atom is 0.145 e. The van der Waals surface area contributed by atoms with Crippen LogP contribution in [0.25, 0.3) is 77.3 Å². The summed E-state index contributed by atoms with van der Waals surface area (Å²) < 4.78 is 104. The first kappa shape index (κ1) is 34.6. The molecule has 6 nitrogen and oxygen atoms in total. The summed E-state index contributed by atoms with van der Waals surface area (Å²) in [5, 5.41) is 3.11. The van der Waals surface area contributed by atoms with E-state index in [1.165, 1.54) is 0 Å². The van der Waals surface area contributed by atoms with Gasteiger partial charge in [0.05, 0.1) is 35.9 Å². The Labute approximate surface area is 439 Å². The molecule has 4 heterocycles. The molecule has 354 valence electrons. The van der Waals surface area contributed by atoms with Crippen LogP contribution in [0, 0.1) is 13.8 Å². The third-order valence-corrected chi connectivity index (χ3v) is 14.5. The zero-order valence-electron chi connectivity index (χ0n) is 51.2. The second-order valence-electron chi connectivity index (χ2n) is 19.3. The van der Waals surface area contributed by atoms with E-state index in [1.54, 1.807) is 12.4 Å². The van der Waals surface area contributed by atoms with Crippen LogP contribution in [-0.2, 0) is 18.3 Å². The molecule has 0 saturated carbocycles. The van der Waals surface area contributed by atoms with Crippen molar-refractivity contribution >= 4 is 78.3 Å². The number of benzene rings is 8. The topological polar surface area (TPSA) is 58.5 Å². The first-order valence-corrected chi connectivity index (χ1v) is 24.7. The summed E-state index contributed by atoms with van der Waals surface area (Å²) >= 11 is 0. The number of pyridine rings is 2. The molecule has 1 aliphatic carbocycles. The van der Waals surface area contributed by atoms with Crippen LogP contribution in [0.3, 0.4) is 0 Å². The van der Waals surface area contributed by atoms with Gasteiger partial charge in [0.25, 0.3) is 0 Å². The largest absolute Gasteiger partial charge is 0.455 e. The van der Waals surface area contributed by atoms with Crippen molar-refractivity contribution in [2.24, 2.45) is 0 Å². The molecule has 0 bridgehead atoms. The van der Waals surface area contributed by atoms with Crippen LogP contribution in [0.4, 0.5) is 34.4 Å². The van der Waals surface area contributed by atoms with Gasteiger partial charge in [-0.2, -0.15) is 0 Å². The Morgan fingerprint density at radius 1 is 0.507 bits per heavy atom. The zero-order valence-corrected chi connectivity index (χ0v) is 41.2. The van der Waals surface area contributed by atoms with Crippen molar-refractivity contribution in [1.82, 2.24) is 9.97 Å². The van der Waals surface area contributed by atoms with Gasteiger partial charge in [-0.3, -0.25) is 9.80 Å². The normalized spacial score (nSPS) is 14.7. The van der Waals surface area contributed by atoms with Gasteiger partial charge in [0.2, 0.25) is 0 Å². The minimum Gasteiger partial charge on any atom is -0.455 e. The predicted octanol–water partition coefficient (Wildman–Crippen LogP) is 18.6. The van der Waals surface area contributed by atoms with E-state index in [0.29, 0.717) is 67.8 Å². The number of hydrogen-bond donors (Lipinski definition) is 0. The van der Waals surface area contributed by atoms with Crippen molar-refractivity contribution in [3.63, 3.8) is 0 Å². The lowest BCUT2D eigenvalue weighted by molar-refractivity contribution is 0.650. The van der Waals surface area contributed by atoms with Gasteiger partial charge >= 0.3 is 0 Å². The molecule has 1 aliphatic rings. The van der Waals surface area contributed by atoms with E-state index in [0.717, 1.165) is 78.9 Å². The smallest absolute Gasteiger partial charge is 0.145 e. The summed E-state index contributed by atoms with van der Waals surface area (Å²) in [6.45, 7) is 12.3. The SMILES string of the molecule is [2H]c1c([2H])c([2H])c(-c2cc(C)cnc2N(c2ccc(CC)cc2)c2cc3c(c4oc5ccccc5c24)-c2c(cc(N(c4ccc(CC)cc4)c4ncc(C)cc4-c4c([2H])c([2H])c([2H])c([2H])c4[2H])c4c2oc2ccccc24)C3(C)C)c([2H])c1[2H]. The molecule has 6 heteroatoms. The maximum absolute atomic E-state index is 9.29. The summed E-state index contributed by atoms with van der Waals surface area (Å²) in [6, 6.07) is 35.9.